The van der Waals surface area contributed by atoms with Gasteiger partial charge in [-0.1, -0.05) is 23.7 Å². The van der Waals surface area contributed by atoms with E-state index in [4.69, 9.17) is 16.3 Å². The van der Waals surface area contributed by atoms with Crippen molar-refractivity contribution in [3.05, 3.63) is 81.0 Å². The molecule has 0 saturated heterocycles. The molecule has 146 valence electrons. The number of nitrogens with zero attached hydrogens (tertiary/aromatic N) is 3. The van der Waals surface area contributed by atoms with Gasteiger partial charge in [0.2, 0.25) is 0 Å². The van der Waals surface area contributed by atoms with Crippen LogP contribution in [-0.2, 0) is 19.7 Å². The van der Waals surface area contributed by atoms with E-state index in [1.807, 2.05) is 48.0 Å². The summed E-state index contributed by atoms with van der Waals surface area (Å²) in [6, 6.07) is 14.7. The highest BCUT2D eigenvalue weighted by molar-refractivity contribution is 9.10. The van der Waals surface area contributed by atoms with Gasteiger partial charge in [0, 0.05) is 24.2 Å². The summed E-state index contributed by atoms with van der Waals surface area (Å²) >= 11 is 9.39. The van der Waals surface area contributed by atoms with Gasteiger partial charge in [0.05, 0.1) is 22.9 Å². The molecule has 1 amide bonds. The van der Waals surface area contributed by atoms with Crippen molar-refractivity contribution in [1.82, 2.24) is 14.7 Å². The Kier molecular flexibility index (Phi) is 6.75. The minimum atomic E-state index is -0.0518. The quantitative estimate of drug-likeness (QED) is 0.487. The van der Waals surface area contributed by atoms with Crippen LogP contribution >= 0.6 is 27.5 Å². The smallest absolute Gasteiger partial charge is 0.253 e. The maximum Gasteiger partial charge on any atom is 0.253 e. The number of rotatable bonds is 7. The lowest BCUT2D eigenvalue weighted by molar-refractivity contribution is 0.0781. The number of halogens is 2. The van der Waals surface area contributed by atoms with Gasteiger partial charge in [-0.2, -0.15) is 5.10 Å². The van der Waals surface area contributed by atoms with E-state index in [1.165, 1.54) is 0 Å². The van der Waals surface area contributed by atoms with Crippen LogP contribution in [0.1, 0.15) is 28.5 Å². The summed E-state index contributed by atoms with van der Waals surface area (Å²) in [6.45, 7) is 3.62. The average molecular weight is 463 g/mol. The second kappa shape index (κ2) is 9.26. The summed E-state index contributed by atoms with van der Waals surface area (Å²) in [5.41, 5.74) is 2.52. The number of aryl methyl sites for hydroxylation is 1. The highest BCUT2D eigenvalue weighted by Crippen LogP contribution is 2.20. The van der Waals surface area contributed by atoms with E-state index >= 15 is 0 Å². The molecule has 1 aromatic heterocycles. The van der Waals surface area contributed by atoms with Crippen molar-refractivity contribution in [2.24, 2.45) is 0 Å². The van der Waals surface area contributed by atoms with Crippen LogP contribution in [-0.4, -0.2) is 27.6 Å². The molecule has 0 unspecified atom stereocenters. The van der Waals surface area contributed by atoms with Crippen molar-refractivity contribution < 1.29 is 9.53 Å². The Hall–Kier alpha value is -2.31. The Bertz CT molecular complexity index is 957. The third-order valence-corrected chi connectivity index (χ3v) is 5.24. The molecule has 0 atom stereocenters. The Morgan fingerprint density at radius 3 is 2.71 bits per heavy atom. The van der Waals surface area contributed by atoms with Crippen molar-refractivity contribution in [2.45, 2.75) is 26.6 Å². The number of amides is 1. The number of hydrogen-bond acceptors (Lipinski definition) is 3. The second-order valence-electron chi connectivity index (χ2n) is 6.36. The summed E-state index contributed by atoms with van der Waals surface area (Å²) in [6.07, 6.45) is 1.76. The molecule has 2 aromatic carbocycles. The highest BCUT2D eigenvalue weighted by atomic mass is 79.9. The van der Waals surface area contributed by atoms with Crippen molar-refractivity contribution in [3.63, 3.8) is 0 Å². The fourth-order valence-electron chi connectivity index (χ4n) is 2.83. The minimum absolute atomic E-state index is 0.0518. The first kappa shape index (κ1) is 20.4. The Labute approximate surface area is 178 Å². The summed E-state index contributed by atoms with van der Waals surface area (Å²) in [4.78, 5) is 14.6. The zero-order valence-electron chi connectivity index (χ0n) is 15.7. The lowest BCUT2D eigenvalue weighted by Crippen LogP contribution is -2.27. The van der Waals surface area contributed by atoms with Gasteiger partial charge >= 0.3 is 0 Å². The number of ether oxygens (including phenoxy) is 1. The highest BCUT2D eigenvalue weighted by Gasteiger charge is 2.16. The molecule has 0 aliphatic carbocycles. The SMILES string of the molecule is CCn1ncc(Br)c1CN(C)C(=O)c1cccc(COc2ccc(Cl)cc2)c1. The topological polar surface area (TPSA) is 47.4 Å². The average Bonchev–Trinajstić information content (AvgIpc) is 3.06. The van der Waals surface area contributed by atoms with Gasteiger partial charge in [-0.25, -0.2) is 0 Å². The predicted molar refractivity (Wildman–Crippen MR) is 114 cm³/mol. The fraction of sp³-hybridized carbons (Fsp3) is 0.238. The first-order valence-corrected chi connectivity index (χ1v) is 10.1. The van der Waals surface area contributed by atoms with E-state index in [0.29, 0.717) is 23.7 Å². The molecular weight excluding hydrogens is 442 g/mol. The molecule has 0 N–H and O–H groups in total. The largest absolute Gasteiger partial charge is 0.489 e. The molecule has 28 heavy (non-hydrogen) atoms. The summed E-state index contributed by atoms with van der Waals surface area (Å²) in [5, 5.41) is 4.96. The Morgan fingerprint density at radius 2 is 2.00 bits per heavy atom. The van der Waals surface area contributed by atoms with Crippen LogP contribution < -0.4 is 4.74 Å². The normalized spacial score (nSPS) is 10.7. The van der Waals surface area contributed by atoms with Gasteiger partial charge in [-0.3, -0.25) is 9.48 Å². The number of benzene rings is 2. The summed E-state index contributed by atoms with van der Waals surface area (Å²) in [5.74, 6) is 0.681. The lowest BCUT2D eigenvalue weighted by Gasteiger charge is -2.19. The molecule has 0 spiro atoms. The maximum atomic E-state index is 12.9. The van der Waals surface area contributed by atoms with Gasteiger partial charge in [-0.15, -0.1) is 0 Å². The van der Waals surface area contributed by atoms with E-state index < -0.39 is 0 Å². The molecule has 0 radical (unpaired) electrons. The van der Waals surface area contributed by atoms with Crippen LogP contribution in [0.4, 0.5) is 0 Å². The fourth-order valence-corrected chi connectivity index (χ4v) is 3.37. The summed E-state index contributed by atoms with van der Waals surface area (Å²) < 4.78 is 8.55. The van der Waals surface area contributed by atoms with Crippen molar-refractivity contribution in [2.75, 3.05) is 7.05 Å². The molecular formula is C21H21BrClN3O2. The minimum Gasteiger partial charge on any atom is -0.489 e. The zero-order chi connectivity index (χ0) is 20.1. The van der Waals surface area contributed by atoms with Crippen LogP contribution in [0.3, 0.4) is 0 Å². The number of hydrogen-bond donors (Lipinski definition) is 0. The second-order valence-corrected chi connectivity index (χ2v) is 7.65. The van der Waals surface area contributed by atoms with E-state index in [-0.39, 0.29) is 5.91 Å². The molecule has 0 fully saturated rings. The third-order valence-electron chi connectivity index (χ3n) is 4.32. The van der Waals surface area contributed by atoms with Gasteiger partial charge in [0.15, 0.2) is 0 Å². The third kappa shape index (κ3) is 4.94. The molecule has 7 heteroatoms. The molecule has 3 rings (SSSR count). The Balaban J connectivity index is 1.67. The van der Waals surface area contributed by atoms with Gasteiger partial charge < -0.3 is 9.64 Å². The number of carbonyl (C=O) groups excluding carboxylic acids is 1. The molecule has 5 nitrogen and oxygen atoms in total. The van der Waals surface area contributed by atoms with Crippen LogP contribution in [0.15, 0.2) is 59.2 Å². The van der Waals surface area contributed by atoms with Gasteiger partial charge in [-0.05, 0) is 64.8 Å². The van der Waals surface area contributed by atoms with Crippen LogP contribution in [0, 0.1) is 0 Å². The molecule has 0 bridgehead atoms. The first-order chi connectivity index (χ1) is 13.5. The van der Waals surface area contributed by atoms with E-state index in [1.54, 1.807) is 30.3 Å². The molecule has 0 saturated carbocycles. The van der Waals surface area contributed by atoms with Crippen LogP contribution in [0.25, 0.3) is 0 Å². The molecule has 1 heterocycles. The zero-order valence-corrected chi connectivity index (χ0v) is 18.1. The lowest BCUT2D eigenvalue weighted by atomic mass is 10.1. The number of carbonyl (C=O) groups is 1. The van der Waals surface area contributed by atoms with Crippen molar-refractivity contribution in [1.29, 1.82) is 0 Å². The van der Waals surface area contributed by atoms with Crippen LogP contribution in [0.5, 0.6) is 5.75 Å². The van der Waals surface area contributed by atoms with E-state index in [9.17, 15) is 4.79 Å². The van der Waals surface area contributed by atoms with Gasteiger partial charge in [0.1, 0.15) is 12.4 Å². The monoisotopic (exact) mass is 461 g/mol. The standard InChI is InChI=1S/C21H21BrClN3O2/c1-3-26-20(19(22)12-24-26)13-25(2)21(27)16-6-4-5-15(11-16)14-28-18-9-7-17(23)8-10-18/h4-12H,3,13-14H2,1-2H3. The first-order valence-electron chi connectivity index (χ1n) is 8.91. The summed E-state index contributed by atoms with van der Waals surface area (Å²) in [7, 11) is 1.79. The van der Waals surface area contributed by atoms with E-state index in [0.717, 1.165) is 28.0 Å². The van der Waals surface area contributed by atoms with Crippen LogP contribution in [0.2, 0.25) is 5.02 Å². The maximum absolute atomic E-state index is 12.9. The Morgan fingerprint density at radius 1 is 1.25 bits per heavy atom. The molecule has 3 aromatic rings. The number of aromatic nitrogens is 2. The van der Waals surface area contributed by atoms with Gasteiger partial charge in [0.25, 0.3) is 5.91 Å². The predicted octanol–water partition coefficient (Wildman–Crippen LogP) is 5.17. The van der Waals surface area contributed by atoms with Crippen molar-refractivity contribution in [3.8, 4) is 5.75 Å². The molecule has 0 aliphatic heterocycles. The molecule has 0 aliphatic rings. The van der Waals surface area contributed by atoms with E-state index in [2.05, 4.69) is 21.0 Å². The van der Waals surface area contributed by atoms with Crippen molar-refractivity contribution >= 4 is 33.4 Å².